The van der Waals surface area contributed by atoms with Gasteiger partial charge in [0.1, 0.15) is 0 Å². The van der Waals surface area contributed by atoms with Gasteiger partial charge in [-0.2, -0.15) is 0 Å². The summed E-state index contributed by atoms with van der Waals surface area (Å²) in [6, 6.07) is 10.6. The number of nitrogens with zero attached hydrogens (tertiary/aromatic N) is 3. The summed E-state index contributed by atoms with van der Waals surface area (Å²) >= 11 is 0. The van der Waals surface area contributed by atoms with E-state index < -0.39 is 0 Å². The molecular formula is C26H30N4O4. The van der Waals surface area contributed by atoms with E-state index in [-0.39, 0.29) is 11.8 Å². The summed E-state index contributed by atoms with van der Waals surface area (Å²) in [4.78, 5) is 36.6. The van der Waals surface area contributed by atoms with Gasteiger partial charge in [-0.15, -0.1) is 0 Å². The van der Waals surface area contributed by atoms with E-state index >= 15 is 0 Å². The van der Waals surface area contributed by atoms with Gasteiger partial charge in [-0.3, -0.25) is 9.59 Å². The van der Waals surface area contributed by atoms with Crippen LogP contribution in [0.5, 0.6) is 11.5 Å². The third kappa shape index (κ3) is 4.95. The van der Waals surface area contributed by atoms with Gasteiger partial charge >= 0.3 is 0 Å². The summed E-state index contributed by atoms with van der Waals surface area (Å²) in [7, 11) is 3.10. The average Bonchev–Trinajstić information content (AvgIpc) is 2.87. The lowest BCUT2D eigenvalue weighted by Gasteiger charge is -2.32. The maximum absolute atomic E-state index is 13.1. The van der Waals surface area contributed by atoms with Crippen LogP contribution in [-0.2, 0) is 0 Å². The molecule has 0 bridgehead atoms. The third-order valence-corrected chi connectivity index (χ3v) is 6.42. The van der Waals surface area contributed by atoms with Crippen LogP contribution >= 0.6 is 0 Å². The van der Waals surface area contributed by atoms with E-state index in [1.807, 2.05) is 36.9 Å². The molecule has 0 spiro atoms. The molecule has 3 aromatic rings. The molecule has 0 atom stereocenters. The smallest absolute Gasteiger partial charge is 0.253 e. The molecule has 0 radical (unpaired) electrons. The van der Waals surface area contributed by atoms with Crippen molar-refractivity contribution in [2.24, 2.45) is 5.92 Å². The normalized spacial score (nSPS) is 14.2. The number of hydrogen-bond acceptors (Lipinski definition) is 6. The lowest BCUT2D eigenvalue weighted by molar-refractivity contribution is 0.0684. The fourth-order valence-corrected chi connectivity index (χ4v) is 4.20. The van der Waals surface area contributed by atoms with E-state index in [1.165, 1.54) is 0 Å². The molecule has 1 aliphatic heterocycles. The summed E-state index contributed by atoms with van der Waals surface area (Å²) in [6.07, 6.45) is 1.67. The van der Waals surface area contributed by atoms with Crippen LogP contribution in [0.25, 0.3) is 11.0 Å². The van der Waals surface area contributed by atoms with Gasteiger partial charge in [-0.05, 0) is 69.0 Å². The van der Waals surface area contributed by atoms with Gasteiger partial charge in [0.15, 0.2) is 11.5 Å². The Morgan fingerprint density at radius 1 is 0.912 bits per heavy atom. The van der Waals surface area contributed by atoms with Crippen LogP contribution in [0.3, 0.4) is 0 Å². The van der Waals surface area contributed by atoms with Crippen molar-refractivity contribution in [1.82, 2.24) is 20.2 Å². The van der Waals surface area contributed by atoms with Gasteiger partial charge in [-0.25, -0.2) is 9.97 Å². The lowest BCUT2D eigenvalue weighted by atomic mass is 9.96. The first-order chi connectivity index (χ1) is 16.4. The van der Waals surface area contributed by atoms with Gasteiger partial charge in [-0.1, -0.05) is 0 Å². The summed E-state index contributed by atoms with van der Waals surface area (Å²) in [5, 5.41) is 3.01. The largest absolute Gasteiger partial charge is 0.493 e. The number of methoxy groups -OCH3 is 2. The molecule has 1 fully saturated rings. The molecule has 34 heavy (non-hydrogen) atoms. The van der Waals surface area contributed by atoms with Crippen LogP contribution in [0.4, 0.5) is 0 Å². The van der Waals surface area contributed by atoms with Crippen molar-refractivity contribution in [3.8, 4) is 11.5 Å². The lowest BCUT2D eigenvalue weighted by Crippen LogP contribution is -2.41. The Morgan fingerprint density at radius 2 is 1.56 bits per heavy atom. The quantitative estimate of drug-likeness (QED) is 0.602. The van der Waals surface area contributed by atoms with Crippen LogP contribution in [0.15, 0.2) is 36.4 Å². The highest BCUT2D eigenvalue weighted by atomic mass is 16.5. The number of fused-ring (bicyclic) bond motifs is 1. The molecular weight excluding hydrogens is 432 g/mol. The average molecular weight is 463 g/mol. The number of aromatic nitrogens is 2. The second-order valence-corrected chi connectivity index (χ2v) is 8.61. The highest BCUT2D eigenvalue weighted by Gasteiger charge is 2.24. The predicted molar refractivity (Wildman–Crippen MR) is 130 cm³/mol. The Kier molecular flexibility index (Phi) is 6.95. The van der Waals surface area contributed by atoms with Gasteiger partial charge in [0, 0.05) is 30.8 Å². The third-order valence-electron chi connectivity index (χ3n) is 6.42. The molecule has 4 rings (SSSR count). The van der Waals surface area contributed by atoms with Crippen molar-refractivity contribution in [3.63, 3.8) is 0 Å². The van der Waals surface area contributed by atoms with E-state index in [0.717, 1.165) is 35.3 Å². The summed E-state index contributed by atoms with van der Waals surface area (Å²) in [6.45, 7) is 5.74. The van der Waals surface area contributed by atoms with Gasteiger partial charge < -0.3 is 19.7 Å². The van der Waals surface area contributed by atoms with Crippen molar-refractivity contribution < 1.29 is 19.1 Å². The standard InChI is InChI=1S/C26H30N4O4/c1-16-17(2)29-22-13-20(5-7-21(22)28-16)26(32)30-11-9-18(10-12-30)15-27-25(31)19-6-8-23(33-3)24(14-19)34-4/h5-8,13-14,18H,9-12,15H2,1-4H3,(H,27,31). The Balaban J connectivity index is 1.32. The Bertz CT molecular complexity index is 1220. The zero-order chi connectivity index (χ0) is 24.2. The highest BCUT2D eigenvalue weighted by molar-refractivity contribution is 5.97. The van der Waals surface area contributed by atoms with Crippen molar-refractivity contribution in [3.05, 3.63) is 58.9 Å². The van der Waals surface area contributed by atoms with Crippen molar-refractivity contribution in [1.29, 1.82) is 0 Å². The minimum atomic E-state index is -0.151. The maximum atomic E-state index is 13.1. The number of hydrogen-bond donors (Lipinski definition) is 1. The van der Waals surface area contributed by atoms with Gasteiger partial charge in [0.25, 0.3) is 11.8 Å². The number of amides is 2. The molecule has 2 aromatic carbocycles. The molecule has 1 aliphatic rings. The second-order valence-electron chi connectivity index (χ2n) is 8.61. The number of aryl methyl sites for hydroxylation is 2. The van der Waals surface area contributed by atoms with Gasteiger partial charge in [0.2, 0.25) is 0 Å². The van der Waals surface area contributed by atoms with Crippen molar-refractivity contribution in [2.45, 2.75) is 26.7 Å². The molecule has 2 heterocycles. The number of piperidine rings is 1. The number of nitrogens with one attached hydrogen (secondary N) is 1. The van der Waals surface area contributed by atoms with Crippen LogP contribution in [0.2, 0.25) is 0 Å². The molecule has 0 unspecified atom stereocenters. The maximum Gasteiger partial charge on any atom is 0.253 e. The highest BCUT2D eigenvalue weighted by Crippen LogP contribution is 2.27. The summed E-state index contributed by atoms with van der Waals surface area (Å²) < 4.78 is 10.5. The molecule has 8 nitrogen and oxygen atoms in total. The minimum Gasteiger partial charge on any atom is -0.493 e. The first-order valence-electron chi connectivity index (χ1n) is 11.4. The van der Waals surface area contributed by atoms with Crippen molar-refractivity contribution in [2.75, 3.05) is 33.9 Å². The molecule has 0 aliphatic carbocycles. The molecule has 2 amide bonds. The molecule has 1 aromatic heterocycles. The Morgan fingerprint density at radius 3 is 2.24 bits per heavy atom. The zero-order valence-corrected chi connectivity index (χ0v) is 20.1. The number of rotatable bonds is 6. The van der Waals surface area contributed by atoms with E-state index in [0.29, 0.717) is 48.2 Å². The topological polar surface area (TPSA) is 93.7 Å². The first-order valence-corrected chi connectivity index (χ1v) is 11.4. The van der Waals surface area contributed by atoms with E-state index in [2.05, 4.69) is 15.3 Å². The molecule has 8 heteroatoms. The fourth-order valence-electron chi connectivity index (χ4n) is 4.20. The summed E-state index contributed by atoms with van der Waals surface area (Å²) in [5.41, 5.74) is 4.45. The van der Waals surface area contributed by atoms with Crippen LogP contribution in [0.1, 0.15) is 44.9 Å². The van der Waals surface area contributed by atoms with Gasteiger partial charge in [0.05, 0.1) is 36.6 Å². The molecule has 0 saturated carbocycles. The molecule has 1 saturated heterocycles. The number of ether oxygens (including phenoxy) is 2. The SMILES string of the molecule is COc1ccc(C(=O)NCC2CCN(C(=O)c3ccc4nc(C)c(C)nc4c3)CC2)cc1OC. The second kappa shape index (κ2) is 10.1. The number of carbonyl (C=O) groups excluding carboxylic acids is 2. The van der Waals surface area contributed by atoms with E-state index in [1.54, 1.807) is 32.4 Å². The molecule has 1 N–H and O–H groups in total. The van der Waals surface area contributed by atoms with Crippen LogP contribution in [-0.4, -0.2) is 60.5 Å². The Hall–Kier alpha value is -3.68. The minimum absolute atomic E-state index is 0.00902. The monoisotopic (exact) mass is 462 g/mol. The number of benzene rings is 2. The van der Waals surface area contributed by atoms with Crippen LogP contribution < -0.4 is 14.8 Å². The number of likely N-dealkylation sites (tertiary alicyclic amines) is 1. The Labute approximate surface area is 199 Å². The fraction of sp³-hybridized carbons (Fsp3) is 0.385. The van der Waals surface area contributed by atoms with E-state index in [9.17, 15) is 9.59 Å². The first kappa shape index (κ1) is 23.5. The summed E-state index contributed by atoms with van der Waals surface area (Å²) in [5.74, 6) is 1.28. The van der Waals surface area contributed by atoms with Crippen molar-refractivity contribution >= 4 is 22.8 Å². The number of carbonyl (C=O) groups is 2. The zero-order valence-electron chi connectivity index (χ0n) is 20.1. The van der Waals surface area contributed by atoms with Crippen LogP contribution in [0, 0.1) is 19.8 Å². The van der Waals surface area contributed by atoms with E-state index in [4.69, 9.17) is 9.47 Å². The predicted octanol–water partition coefficient (Wildman–Crippen LogP) is 3.55. The molecule has 178 valence electrons.